The van der Waals surface area contributed by atoms with Gasteiger partial charge in [0.25, 0.3) is 11.8 Å². The fraction of sp³-hybridized carbons (Fsp3) is 0.238. The van der Waals surface area contributed by atoms with Crippen LogP contribution in [0.1, 0.15) is 23.6 Å². The van der Waals surface area contributed by atoms with E-state index in [4.69, 9.17) is 0 Å². The molecule has 4 nitrogen and oxygen atoms in total. The number of benzene rings is 2. The summed E-state index contributed by atoms with van der Waals surface area (Å²) in [7, 11) is 0. The highest BCUT2D eigenvalue weighted by atomic mass is 19.1. The number of carbonyl (C=O) groups is 2. The molecule has 2 aromatic carbocycles. The van der Waals surface area contributed by atoms with Gasteiger partial charge in [0, 0.05) is 19.6 Å². The number of carbonyl (C=O) groups excluding carboxylic acids is 2. The monoisotopic (exact) mass is 350 g/mol. The Bertz CT molecular complexity index is 918. The second-order valence-corrected chi connectivity index (χ2v) is 6.53. The third kappa shape index (κ3) is 2.60. The molecule has 2 aliphatic rings. The number of fused-ring (bicyclic) bond motifs is 1. The standard InChI is InChI=1S/C21H19FN2O2/c1-2-24-20(25)18(15-7-9-17(22)10-8-15)19(21(24)26)23-12-11-14-5-3-4-6-16(14)13-23/h3-10H,2,11-13H2,1H3. The van der Waals surface area contributed by atoms with E-state index in [2.05, 4.69) is 12.1 Å². The molecule has 0 atom stereocenters. The first-order chi connectivity index (χ1) is 12.6. The molecule has 0 saturated heterocycles. The summed E-state index contributed by atoms with van der Waals surface area (Å²) in [5.41, 5.74) is 3.82. The molecule has 0 N–H and O–H groups in total. The fourth-order valence-electron chi connectivity index (χ4n) is 3.71. The van der Waals surface area contributed by atoms with Gasteiger partial charge in [-0.3, -0.25) is 14.5 Å². The smallest absolute Gasteiger partial charge is 0.277 e. The van der Waals surface area contributed by atoms with Crippen LogP contribution in [0.5, 0.6) is 0 Å². The van der Waals surface area contributed by atoms with E-state index < -0.39 is 0 Å². The van der Waals surface area contributed by atoms with E-state index in [-0.39, 0.29) is 17.6 Å². The summed E-state index contributed by atoms with van der Waals surface area (Å²) in [5.74, 6) is -0.943. The number of halogens is 1. The van der Waals surface area contributed by atoms with Gasteiger partial charge in [0.15, 0.2) is 0 Å². The van der Waals surface area contributed by atoms with Gasteiger partial charge in [-0.05, 0) is 42.2 Å². The van der Waals surface area contributed by atoms with Crippen molar-refractivity contribution in [3.8, 4) is 0 Å². The lowest BCUT2D eigenvalue weighted by atomic mass is 9.98. The first-order valence-corrected chi connectivity index (χ1v) is 8.78. The molecule has 26 heavy (non-hydrogen) atoms. The Morgan fingerprint density at radius 1 is 0.962 bits per heavy atom. The van der Waals surface area contributed by atoms with Gasteiger partial charge in [-0.2, -0.15) is 0 Å². The Morgan fingerprint density at radius 2 is 1.65 bits per heavy atom. The van der Waals surface area contributed by atoms with E-state index in [0.717, 1.165) is 6.42 Å². The predicted molar refractivity (Wildman–Crippen MR) is 96.3 cm³/mol. The van der Waals surface area contributed by atoms with Gasteiger partial charge in [-0.15, -0.1) is 0 Å². The maximum absolute atomic E-state index is 13.3. The molecule has 0 bridgehead atoms. The second-order valence-electron chi connectivity index (χ2n) is 6.53. The highest BCUT2D eigenvalue weighted by Crippen LogP contribution is 2.34. The van der Waals surface area contributed by atoms with Crippen LogP contribution in [-0.4, -0.2) is 34.7 Å². The third-order valence-electron chi connectivity index (χ3n) is 5.04. The van der Waals surface area contributed by atoms with E-state index in [1.54, 1.807) is 19.1 Å². The topological polar surface area (TPSA) is 40.6 Å². The van der Waals surface area contributed by atoms with Crippen LogP contribution in [0.2, 0.25) is 0 Å². The van der Waals surface area contributed by atoms with E-state index >= 15 is 0 Å². The lowest BCUT2D eigenvalue weighted by molar-refractivity contribution is -0.137. The molecule has 2 aromatic rings. The lowest BCUT2D eigenvalue weighted by Crippen LogP contribution is -2.37. The molecule has 0 saturated carbocycles. The Balaban J connectivity index is 1.80. The zero-order valence-electron chi connectivity index (χ0n) is 14.5. The summed E-state index contributed by atoms with van der Waals surface area (Å²) < 4.78 is 13.3. The Morgan fingerprint density at radius 3 is 2.35 bits per heavy atom. The molecular formula is C21H19FN2O2. The summed E-state index contributed by atoms with van der Waals surface area (Å²) >= 11 is 0. The van der Waals surface area contributed by atoms with Gasteiger partial charge in [0.05, 0.1) is 5.57 Å². The zero-order chi connectivity index (χ0) is 18.3. The maximum Gasteiger partial charge on any atom is 0.277 e. The van der Waals surface area contributed by atoms with Crippen LogP contribution in [0.25, 0.3) is 5.57 Å². The van der Waals surface area contributed by atoms with Crippen molar-refractivity contribution in [1.82, 2.24) is 9.80 Å². The van der Waals surface area contributed by atoms with E-state index in [0.29, 0.717) is 36.5 Å². The van der Waals surface area contributed by atoms with E-state index in [1.807, 2.05) is 17.0 Å². The molecule has 0 unspecified atom stereocenters. The van der Waals surface area contributed by atoms with Crippen LogP contribution in [0, 0.1) is 5.82 Å². The van der Waals surface area contributed by atoms with Crippen molar-refractivity contribution in [3.63, 3.8) is 0 Å². The summed E-state index contributed by atoms with van der Waals surface area (Å²) in [5, 5.41) is 0. The molecule has 5 heteroatoms. The van der Waals surface area contributed by atoms with Crippen LogP contribution < -0.4 is 0 Å². The van der Waals surface area contributed by atoms with Crippen LogP contribution in [0.3, 0.4) is 0 Å². The van der Waals surface area contributed by atoms with Crippen molar-refractivity contribution < 1.29 is 14.0 Å². The number of imide groups is 1. The molecule has 0 spiro atoms. The molecule has 132 valence electrons. The summed E-state index contributed by atoms with van der Waals surface area (Å²) in [6, 6.07) is 13.9. The van der Waals surface area contributed by atoms with Gasteiger partial charge in [-0.1, -0.05) is 36.4 Å². The van der Waals surface area contributed by atoms with E-state index in [9.17, 15) is 14.0 Å². The van der Waals surface area contributed by atoms with Crippen molar-refractivity contribution in [2.75, 3.05) is 13.1 Å². The summed E-state index contributed by atoms with van der Waals surface area (Å²) in [4.78, 5) is 29.0. The first kappa shape index (κ1) is 16.5. The van der Waals surface area contributed by atoms with Gasteiger partial charge in [0.1, 0.15) is 11.5 Å². The zero-order valence-corrected chi connectivity index (χ0v) is 14.5. The van der Waals surface area contributed by atoms with E-state index in [1.165, 1.54) is 28.2 Å². The lowest BCUT2D eigenvalue weighted by Gasteiger charge is -2.31. The Hall–Kier alpha value is -2.95. The van der Waals surface area contributed by atoms with Crippen LogP contribution in [-0.2, 0) is 22.6 Å². The van der Waals surface area contributed by atoms with Crippen molar-refractivity contribution in [2.24, 2.45) is 0 Å². The predicted octanol–water partition coefficient (Wildman–Crippen LogP) is 2.98. The summed E-state index contributed by atoms with van der Waals surface area (Å²) in [6.45, 7) is 3.36. The van der Waals surface area contributed by atoms with Crippen molar-refractivity contribution in [2.45, 2.75) is 19.9 Å². The molecule has 0 aromatic heterocycles. The summed E-state index contributed by atoms with van der Waals surface area (Å²) in [6.07, 6.45) is 0.823. The first-order valence-electron chi connectivity index (χ1n) is 8.78. The average molecular weight is 350 g/mol. The van der Waals surface area contributed by atoms with Crippen LogP contribution >= 0.6 is 0 Å². The minimum atomic E-state index is -0.369. The third-order valence-corrected chi connectivity index (χ3v) is 5.04. The van der Waals surface area contributed by atoms with Crippen LogP contribution in [0.15, 0.2) is 54.2 Å². The van der Waals surface area contributed by atoms with Crippen molar-refractivity contribution in [1.29, 1.82) is 0 Å². The van der Waals surface area contributed by atoms with Gasteiger partial charge in [-0.25, -0.2) is 4.39 Å². The van der Waals surface area contributed by atoms with Gasteiger partial charge in [0.2, 0.25) is 0 Å². The number of nitrogens with zero attached hydrogens (tertiary/aromatic N) is 2. The molecule has 4 rings (SSSR count). The number of rotatable bonds is 3. The SMILES string of the molecule is CCN1C(=O)C(c2ccc(F)cc2)=C(N2CCc3ccccc3C2)C1=O. The molecule has 2 heterocycles. The normalized spacial score (nSPS) is 17.2. The maximum atomic E-state index is 13.3. The highest BCUT2D eigenvalue weighted by molar-refractivity contribution is 6.35. The molecule has 2 aliphatic heterocycles. The quantitative estimate of drug-likeness (QED) is 0.799. The van der Waals surface area contributed by atoms with Gasteiger partial charge < -0.3 is 4.90 Å². The number of likely N-dealkylation sites (N-methyl/N-ethyl adjacent to an activating group) is 1. The average Bonchev–Trinajstić information content (AvgIpc) is 2.92. The largest absolute Gasteiger partial charge is 0.362 e. The number of hydrogen-bond donors (Lipinski definition) is 0. The fourth-order valence-corrected chi connectivity index (χ4v) is 3.71. The highest BCUT2D eigenvalue weighted by Gasteiger charge is 2.41. The van der Waals surface area contributed by atoms with Crippen molar-refractivity contribution >= 4 is 17.4 Å². The molecule has 0 fully saturated rings. The molecule has 0 aliphatic carbocycles. The molecule has 2 amide bonds. The van der Waals surface area contributed by atoms with Crippen LogP contribution in [0.4, 0.5) is 4.39 Å². The Kier molecular flexibility index (Phi) is 4.07. The van der Waals surface area contributed by atoms with Crippen molar-refractivity contribution in [3.05, 3.63) is 76.7 Å². The number of hydrogen-bond acceptors (Lipinski definition) is 3. The second kappa shape index (κ2) is 6.41. The number of amides is 2. The minimum absolute atomic E-state index is 0.267. The minimum Gasteiger partial charge on any atom is -0.362 e. The molecular weight excluding hydrogens is 331 g/mol. The van der Waals surface area contributed by atoms with Gasteiger partial charge >= 0.3 is 0 Å². The molecule has 0 radical (unpaired) electrons. The Labute approximate surface area is 151 Å².